The van der Waals surface area contributed by atoms with E-state index in [1.54, 1.807) is 4.90 Å². The first-order valence-electron chi connectivity index (χ1n) is 10.9. The maximum absolute atomic E-state index is 12.8. The van der Waals surface area contributed by atoms with E-state index in [-0.39, 0.29) is 0 Å². The molecule has 2 amide bonds. The molecule has 0 saturated carbocycles. The number of hydrogen-bond acceptors (Lipinski definition) is 5. The molecule has 0 unspecified atom stereocenters. The number of morpholine rings is 1. The minimum absolute atomic E-state index is 0.475. The first-order valence-corrected chi connectivity index (χ1v) is 10.9. The summed E-state index contributed by atoms with van der Waals surface area (Å²) in [4.78, 5) is 31.7. The standard InChI is InChI=1S/C24H30N4O3/c1-18-6-5-9-21(19(18)2)26-10-12-28(13-11-26)24(30)23(29)25-20-7-3-4-8-22(20)27-14-16-31-17-15-27/h3-9H,10-17H2,1-2H3,(H,25,29). The second kappa shape index (κ2) is 9.39. The third kappa shape index (κ3) is 4.66. The first-order chi connectivity index (χ1) is 15.0. The van der Waals surface area contributed by atoms with Gasteiger partial charge in [0.05, 0.1) is 24.6 Å². The monoisotopic (exact) mass is 422 g/mol. The lowest BCUT2D eigenvalue weighted by atomic mass is 10.1. The number of para-hydroxylation sites is 2. The fraction of sp³-hybridized carbons (Fsp3) is 0.417. The van der Waals surface area contributed by atoms with Crippen molar-refractivity contribution in [1.82, 2.24) is 4.90 Å². The Bertz CT molecular complexity index is 948. The fourth-order valence-corrected chi connectivity index (χ4v) is 4.21. The minimum Gasteiger partial charge on any atom is -0.378 e. The predicted octanol–water partition coefficient (Wildman–Crippen LogP) is 2.43. The number of aryl methyl sites for hydroxylation is 1. The molecule has 0 aliphatic carbocycles. The maximum atomic E-state index is 12.8. The Hall–Kier alpha value is -3.06. The van der Waals surface area contributed by atoms with Crippen molar-refractivity contribution in [3.05, 3.63) is 53.6 Å². The molecule has 31 heavy (non-hydrogen) atoms. The van der Waals surface area contributed by atoms with Gasteiger partial charge in [0.15, 0.2) is 0 Å². The SMILES string of the molecule is Cc1cccc(N2CCN(C(=O)C(=O)Nc3ccccc3N3CCOCC3)CC2)c1C. The summed E-state index contributed by atoms with van der Waals surface area (Å²) in [6, 6.07) is 13.9. The summed E-state index contributed by atoms with van der Waals surface area (Å²) in [6.45, 7) is 9.58. The molecular formula is C24H30N4O3. The van der Waals surface area contributed by atoms with Gasteiger partial charge >= 0.3 is 11.8 Å². The summed E-state index contributed by atoms with van der Waals surface area (Å²) in [6.07, 6.45) is 0. The maximum Gasteiger partial charge on any atom is 0.313 e. The van der Waals surface area contributed by atoms with Crippen molar-refractivity contribution in [2.24, 2.45) is 0 Å². The molecule has 0 radical (unpaired) electrons. The molecule has 2 fully saturated rings. The number of anilines is 3. The van der Waals surface area contributed by atoms with E-state index in [1.807, 2.05) is 24.3 Å². The molecule has 0 bridgehead atoms. The molecule has 0 spiro atoms. The van der Waals surface area contributed by atoms with Crippen LogP contribution in [0.2, 0.25) is 0 Å². The molecule has 2 saturated heterocycles. The van der Waals surface area contributed by atoms with Gasteiger partial charge in [-0.3, -0.25) is 9.59 Å². The third-order valence-electron chi connectivity index (χ3n) is 6.18. The van der Waals surface area contributed by atoms with E-state index in [0.29, 0.717) is 45.1 Å². The Balaban J connectivity index is 1.38. The molecule has 4 rings (SSSR count). The van der Waals surface area contributed by atoms with E-state index in [9.17, 15) is 9.59 Å². The molecule has 1 N–H and O–H groups in total. The summed E-state index contributed by atoms with van der Waals surface area (Å²) < 4.78 is 5.42. The largest absolute Gasteiger partial charge is 0.378 e. The normalized spacial score (nSPS) is 16.9. The zero-order chi connectivity index (χ0) is 21.8. The Morgan fingerprint density at radius 2 is 1.45 bits per heavy atom. The topological polar surface area (TPSA) is 65.1 Å². The number of ether oxygens (including phenoxy) is 1. The van der Waals surface area contributed by atoms with E-state index in [0.717, 1.165) is 18.8 Å². The van der Waals surface area contributed by atoms with Crippen LogP contribution in [0.5, 0.6) is 0 Å². The van der Waals surface area contributed by atoms with E-state index in [2.05, 4.69) is 47.2 Å². The number of carbonyl (C=O) groups is 2. The second-order valence-electron chi connectivity index (χ2n) is 8.07. The lowest BCUT2D eigenvalue weighted by Gasteiger charge is -2.36. The number of hydrogen-bond donors (Lipinski definition) is 1. The average molecular weight is 423 g/mol. The zero-order valence-corrected chi connectivity index (χ0v) is 18.3. The van der Waals surface area contributed by atoms with Gasteiger partial charge in [0.1, 0.15) is 0 Å². The van der Waals surface area contributed by atoms with Crippen molar-refractivity contribution in [2.75, 3.05) is 67.6 Å². The average Bonchev–Trinajstić information content (AvgIpc) is 2.81. The van der Waals surface area contributed by atoms with Gasteiger partial charge in [0.25, 0.3) is 0 Å². The number of nitrogens with zero attached hydrogens (tertiary/aromatic N) is 3. The van der Waals surface area contributed by atoms with Crippen molar-refractivity contribution < 1.29 is 14.3 Å². The summed E-state index contributed by atoms with van der Waals surface area (Å²) in [5.74, 6) is -1.06. The molecule has 2 aromatic carbocycles. The summed E-state index contributed by atoms with van der Waals surface area (Å²) in [7, 11) is 0. The Kier molecular flexibility index (Phi) is 6.42. The van der Waals surface area contributed by atoms with Gasteiger partial charge in [-0.05, 0) is 43.2 Å². The minimum atomic E-state index is -0.583. The van der Waals surface area contributed by atoms with Crippen molar-refractivity contribution in [3.8, 4) is 0 Å². The fourth-order valence-electron chi connectivity index (χ4n) is 4.21. The second-order valence-corrected chi connectivity index (χ2v) is 8.07. The van der Waals surface area contributed by atoms with E-state index >= 15 is 0 Å². The number of rotatable bonds is 3. The van der Waals surface area contributed by atoms with Crippen molar-refractivity contribution in [2.45, 2.75) is 13.8 Å². The highest BCUT2D eigenvalue weighted by molar-refractivity contribution is 6.39. The number of benzene rings is 2. The van der Waals surface area contributed by atoms with Crippen LogP contribution in [0.1, 0.15) is 11.1 Å². The molecule has 164 valence electrons. The Labute approximate surface area is 183 Å². The smallest absolute Gasteiger partial charge is 0.313 e. The van der Waals surface area contributed by atoms with Crippen LogP contribution < -0.4 is 15.1 Å². The van der Waals surface area contributed by atoms with Crippen LogP contribution in [-0.4, -0.2) is 69.2 Å². The van der Waals surface area contributed by atoms with E-state index in [1.165, 1.54) is 16.8 Å². The molecule has 2 heterocycles. The molecule has 2 aliphatic rings. The van der Waals surface area contributed by atoms with E-state index in [4.69, 9.17) is 4.74 Å². The first kappa shape index (κ1) is 21.2. The van der Waals surface area contributed by atoms with Crippen molar-refractivity contribution in [1.29, 1.82) is 0 Å². The molecule has 2 aliphatic heterocycles. The summed E-state index contributed by atoms with van der Waals surface area (Å²) in [5, 5.41) is 2.84. The number of piperazine rings is 1. The molecular weight excluding hydrogens is 392 g/mol. The van der Waals surface area contributed by atoms with Gasteiger partial charge < -0.3 is 24.8 Å². The molecule has 0 aromatic heterocycles. The van der Waals surface area contributed by atoms with Crippen LogP contribution in [0, 0.1) is 13.8 Å². The Morgan fingerprint density at radius 3 is 2.19 bits per heavy atom. The lowest BCUT2D eigenvalue weighted by Crippen LogP contribution is -2.51. The predicted molar refractivity (Wildman–Crippen MR) is 123 cm³/mol. The summed E-state index contributed by atoms with van der Waals surface area (Å²) in [5.41, 5.74) is 5.31. The quantitative estimate of drug-likeness (QED) is 0.770. The van der Waals surface area contributed by atoms with Crippen molar-refractivity contribution in [3.63, 3.8) is 0 Å². The highest BCUT2D eigenvalue weighted by Gasteiger charge is 2.27. The summed E-state index contributed by atoms with van der Waals surface area (Å²) >= 11 is 0. The van der Waals surface area contributed by atoms with Gasteiger partial charge in [-0.25, -0.2) is 0 Å². The van der Waals surface area contributed by atoms with E-state index < -0.39 is 11.8 Å². The molecule has 2 aromatic rings. The van der Waals surface area contributed by atoms with Gasteiger partial charge in [-0.15, -0.1) is 0 Å². The van der Waals surface area contributed by atoms with Crippen LogP contribution in [-0.2, 0) is 14.3 Å². The van der Waals surface area contributed by atoms with Gasteiger partial charge in [0, 0.05) is 45.0 Å². The highest BCUT2D eigenvalue weighted by Crippen LogP contribution is 2.27. The van der Waals surface area contributed by atoms with Gasteiger partial charge in [0.2, 0.25) is 0 Å². The highest BCUT2D eigenvalue weighted by atomic mass is 16.5. The molecule has 7 nitrogen and oxygen atoms in total. The van der Waals surface area contributed by atoms with Crippen LogP contribution in [0.4, 0.5) is 17.1 Å². The third-order valence-corrected chi connectivity index (χ3v) is 6.18. The zero-order valence-electron chi connectivity index (χ0n) is 18.3. The number of amides is 2. The van der Waals surface area contributed by atoms with Gasteiger partial charge in [-0.1, -0.05) is 24.3 Å². The van der Waals surface area contributed by atoms with Gasteiger partial charge in [-0.2, -0.15) is 0 Å². The number of carbonyl (C=O) groups excluding carboxylic acids is 2. The van der Waals surface area contributed by atoms with Crippen molar-refractivity contribution >= 4 is 28.9 Å². The van der Waals surface area contributed by atoms with Crippen LogP contribution in [0.3, 0.4) is 0 Å². The lowest BCUT2D eigenvalue weighted by molar-refractivity contribution is -0.143. The van der Waals surface area contributed by atoms with Crippen LogP contribution >= 0.6 is 0 Å². The van der Waals surface area contributed by atoms with Crippen LogP contribution in [0.15, 0.2) is 42.5 Å². The number of nitrogens with one attached hydrogen (secondary N) is 1. The molecule has 7 heteroatoms. The Morgan fingerprint density at radius 1 is 0.806 bits per heavy atom. The molecule has 0 atom stereocenters. The van der Waals surface area contributed by atoms with Crippen LogP contribution in [0.25, 0.3) is 0 Å².